The van der Waals surface area contributed by atoms with Crippen LogP contribution >= 0.6 is 34.4 Å². The third-order valence-corrected chi connectivity index (χ3v) is 7.87. The van der Waals surface area contributed by atoms with Gasteiger partial charge in [-0.3, -0.25) is 14.2 Å². The van der Waals surface area contributed by atoms with Crippen molar-refractivity contribution < 1.29 is 4.79 Å². The number of rotatable bonds is 5. The molecule has 0 unspecified atom stereocenters. The van der Waals surface area contributed by atoms with Gasteiger partial charge in [-0.25, -0.2) is 4.98 Å². The van der Waals surface area contributed by atoms with Crippen molar-refractivity contribution in [3.05, 3.63) is 62.5 Å². The number of hydrogen-bond acceptors (Lipinski definition) is 4. The van der Waals surface area contributed by atoms with E-state index >= 15 is 0 Å². The summed E-state index contributed by atoms with van der Waals surface area (Å²) in [4.78, 5) is 31.4. The number of hydrogen-bond donors (Lipinski definition) is 1. The first-order chi connectivity index (χ1) is 16.0. The minimum absolute atomic E-state index is 0.00618. The minimum atomic E-state index is -0.130. The van der Waals surface area contributed by atoms with Crippen LogP contribution in [0, 0.1) is 3.57 Å². The fraction of sp³-hybridized carbons (Fsp3) is 0.320. The van der Waals surface area contributed by atoms with E-state index in [1.807, 2.05) is 54.1 Å². The molecule has 4 aromatic rings. The molecule has 1 N–H and O–H groups in total. The largest absolute Gasteiger partial charge is 0.353 e. The Morgan fingerprint density at radius 2 is 1.91 bits per heavy atom. The molecule has 0 spiro atoms. The second-order valence-corrected chi connectivity index (χ2v) is 10.7. The molecule has 2 aromatic carbocycles. The summed E-state index contributed by atoms with van der Waals surface area (Å²) in [6.45, 7) is 0. The van der Waals surface area contributed by atoms with Gasteiger partial charge < -0.3 is 9.88 Å². The van der Waals surface area contributed by atoms with Crippen LogP contribution in [0.5, 0.6) is 0 Å². The Balaban J connectivity index is 1.58. The molecule has 0 atom stereocenters. The summed E-state index contributed by atoms with van der Waals surface area (Å²) >= 11 is 3.59. The number of aryl methyl sites for hydroxylation is 1. The molecule has 2 heterocycles. The van der Waals surface area contributed by atoms with E-state index < -0.39 is 0 Å². The highest BCUT2D eigenvalue weighted by Crippen LogP contribution is 2.29. The van der Waals surface area contributed by atoms with Crippen LogP contribution in [0.4, 0.5) is 0 Å². The van der Waals surface area contributed by atoms with Gasteiger partial charge in [-0.05, 0) is 65.8 Å². The van der Waals surface area contributed by atoms with Crippen LogP contribution in [-0.2, 0) is 11.8 Å². The molecule has 1 aliphatic carbocycles. The van der Waals surface area contributed by atoms with Crippen LogP contribution in [0.15, 0.2) is 58.5 Å². The molecule has 170 valence electrons. The van der Waals surface area contributed by atoms with Gasteiger partial charge in [0.2, 0.25) is 5.91 Å². The summed E-state index contributed by atoms with van der Waals surface area (Å²) in [6.07, 6.45) is 5.68. The van der Waals surface area contributed by atoms with Gasteiger partial charge in [0.15, 0.2) is 5.16 Å². The number of thioether (sulfide) groups is 1. The average Bonchev–Trinajstić information content (AvgIpc) is 3.10. The van der Waals surface area contributed by atoms with Gasteiger partial charge in [0.25, 0.3) is 5.56 Å². The predicted octanol–water partition coefficient (Wildman–Crippen LogP) is 5.02. The van der Waals surface area contributed by atoms with Gasteiger partial charge in [0.05, 0.1) is 17.0 Å². The number of nitrogens with one attached hydrogen (secondary N) is 1. The van der Waals surface area contributed by atoms with Crippen molar-refractivity contribution in [3.8, 4) is 5.69 Å². The number of halogens is 1. The molecule has 0 bridgehead atoms. The van der Waals surface area contributed by atoms with Crippen LogP contribution < -0.4 is 10.9 Å². The van der Waals surface area contributed by atoms with E-state index in [0.717, 1.165) is 33.0 Å². The van der Waals surface area contributed by atoms with Crippen LogP contribution in [-0.4, -0.2) is 31.8 Å². The Bertz CT molecular complexity index is 1390. The molecule has 6 nitrogen and oxygen atoms in total. The number of para-hydroxylation sites is 1. The van der Waals surface area contributed by atoms with Crippen molar-refractivity contribution in [3.63, 3.8) is 0 Å². The first-order valence-electron chi connectivity index (χ1n) is 11.2. The Labute approximate surface area is 209 Å². The molecule has 8 heteroatoms. The van der Waals surface area contributed by atoms with Crippen molar-refractivity contribution in [1.82, 2.24) is 19.4 Å². The highest BCUT2D eigenvalue weighted by molar-refractivity contribution is 14.1. The maximum Gasteiger partial charge on any atom is 0.283 e. The highest BCUT2D eigenvalue weighted by atomic mass is 127. The zero-order chi connectivity index (χ0) is 22.9. The maximum atomic E-state index is 13.8. The predicted molar refractivity (Wildman–Crippen MR) is 142 cm³/mol. The van der Waals surface area contributed by atoms with Crippen molar-refractivity contribution in [1.29, 1.82) is 0 Å². The SMILES string of the molecule is Cn1c2ccc(I)cc2c2nc(SCC(=O)NC3CCCCC3)n(-c3ccccc3)c(=O)c21. The zero-order valence-electron chi connectivity index (χ0n) is 18.4. The fourth-order valence-corrected chi connectivity index (χ4v) is 5.95. The van der Waals surface area contributed by atoms with Crippen LogP contribution in [0.25, 0.3) is 27.6 Å². The Kier molecular flexibility index (Phi) is 6.47. The van der Waals surface area contributed by atoms with Gasteiger partial charge in [-0.2, -0.15) is 0 Å². The molecule has 2 aromatic heterocycles. The first kappa shape index (κ1) is 22.5. The molecule has 1 fully saturated rings. The number of benzene rings is 2. The molecule has 5 rings (SSSR count). The van der Waals surface area contributed by atoms with Gasteiger partial charge >= 0.3 is 0 Å². The van der Waals surface area contributed by atoms with Crippen LogP contribution in [0.2, 0.25) is 0 Å². The smallest absolute Gasteiger partial charge is 0.283 e. The Morgan fingerprint density at radius 1 is 1.15 bits per heavy atom. The van der Waals surface area contributed by atoms with Gasteiger partial charge in [0, 0.05) is 22.0 Å². The summed E-state index contributed by atoms with van der Waals surface area (Å²) in [6, 6.07) is 15.9. The lowest BCUT2D eigenvalue weighted by Gasteiger charge is -2.22. The van der Waals surface area contributed by atoms with Crippen molar-refractivity contribution in [2.45, 2.75) is 43.3 Å². The fourth-order valence-electron chi connectivity index (χ4n) is 4.64. The zero-order valence-corrected chi connectivity index (χ0v) is 21.4. The minimum Gasteiger partial charge on any atom is -0.353 e. The molecule has 0 radical (unpaired) electrons. The molecule has 1 saturated carbocycles. The summed E-state index contributed by atoms with van der Waals surface area (Å²) in [5.41, 5.74) is 2.82. The Hall–Kier alpha value is -2.33. The molecule has 0 saturated heterocycles. The molecular formula is C25H25IN4O2S. The molecule has 1 aliphatic rings. The molecule has 33 heavy (non-hydrogen) atoms. The van der Waals surface area contributed by atoms with Crippen LogP contribution in [0.3, 0.4) is 0 Å². The summed E-state index contributed by atoms with van der Waals surface area (Å²) < 4.78 is 4.63. The average molecular weight is 572 g/mol. The summed E-state index contributed by atoms with van der Waals surface area (Å²) in [5.74, 6) is 0.220. The van der Waals surface area contributed by atoms with Crippen LogP contribution in [0.1, 0.15) is 32.1 Å². The Morgan fingerprint density at radius 3 is 2.67 bits per heavy atom. The third-order valence-electron chi connectivity index (χ3n) is 6.26. The van der Waals surface area contributed by atoms with Gasteiger partial charge in [-0.1, -0.05) is 49.2 Å². The lowest BCUT2D eigenvalue weighted by atomic mass is 9.95. The van der Waals surface area contributed by atoms with E-state index in [0.29, 0.717) is 16.2 Å². The first-order valence-corrected chi connectivity index (χ1v) is 13.3. The van der Waals surface area contributed by atoms with Crippen molar-refractivity contribution >= 4 is 62.2 Å². The third kappa shape index (κ3) is 4.42. The standard InChI is InChI=1S/C25H25IN4O2S/c1-29-20-13-12-16(26)14-19(20)22-23(29)24(32)30(18-10-6-3-7-11-18)25(28-22)33-15-21(31)27-17-8-4-2-5-9-17/h3,6-7,10-14,17H,2,4-5,8-9,15H2,1H3,(H,27,31). The van der Waals surface area contributed by atoms with Gasteiger partial charge in [-0.15, -0.1) is 0 Å². The second-order valence-electron chi connectivity index (χ2n) is 8.48. The quantitative estimate of drug-likeness (QED) is 0.207. The number of amides is 1. The molecule has 0 aliphatic heterocycles. The lowest BCUT2D eigenvalue weighted by Crippen LogP contribution is -2.37. The maximum absolute atomic E-state index is 13.8. The molecular weight excluding hydrogens is 547 g/mol. The normalized spacial score (nSPS) is 14.7. The number of aromatic nitrogens is 3. The number of nitrogens with zero attached hydrogens (tertiary/aromatic N) is 3. The van der Waals surface area contributed by atoms with Crippen molar-refractivity contribution in [2.24, 2.45) is 7.05 Å². The number of carbonyl (C=O) groups is 1. The summed E-state index contributed by atoms with van der Waals surface area (Å²) in [5, 5.41) is 4.64. The topological polar surface area (TPSA) is 68.9 Å². The molecule has 1 amide bonds. The van der Waals surface area contributed by atoms with Crippen molar-refractivity contribution in [2.75, 3.05) is 5.75 Å². The van der Waals surface area contributed by atoms with E-state index in [9.17, 15) is 9.59 Å². The van der Waals surface area contributed by atoms with E-state index in [1.54, 1.807) is 4.57 Å². The van der Waals surface area contributed by atoms with E-state index in [2.05, 4.69) is 34.0 Å². The highest BCUT2D eigenvalue weighted by Gasteiger charge is 2.21. The van der Waals surface area contributed by atoms with E-state index in [-0.39, 0.29) is 23.3 Å². The van der Waals surface area contributed by atoms with Gasteiger partial charge in [0.1, 0.15) is 11.0 Å². The van der Waals surface area contributed by atoms with E-state index in [1.165, 1.54) is 31.0 Å². The number of carbonyl (C=O) groups excluding carboxylic acids is 1. The number of fused-ring (bicyclic) bond motifs is 3. The monoisotopic (exact) mass is 572 g/mol. The second kappa shape index (κ2) is 9.50. The lowest BCUT2D eigenvalue weighted by molar-refractivity contribution is -0.119. The van der Waals surface area contributed by atoms with E-state index in [4.69, 9.17) is 4.98 Å². The summed E-state index contributed by atoms with van der Waals surface area (Å²) in [7, 11) is 1.90.